The second kappa shape index (κ2) is 8.65. The smallest absolute Gasteiger partial charge is 0.310 e. The number of esters is 1. The Morgan fingerprint density at radius 3 is 2.18 bits per heavy atom. The normalized spacial score (nSPS) is 11.6. The van der Waals surface area contributed by atoms with Gasteiger partial charge in [-0.2, -0.15) is 0 Å². The molecule has 2 rings (SSSR count). The average molecular weight is 384 g/mol. The summed E-state index contributed by atoms with van der Waals surface area (Å²) in [4.78, 5) is 50.5. The number of carbonyl (C=O) groups excluding carboxylic acids is 4. The number of anilines is 1. The van der Waals surface area contributed by atoms with Crippen molar-refractivity contribution in [3.63, 3.8) is 0 Å². The quantitative estimate of drug-likeness (QED) is 0.563. The Bertz CT molecular complexity index is 925. The third kappa shape index (κ3) is 4.94. The first-order valence-corrected chi connectivity index (χ1v) is 8.90. The van der Waals surface area contributed by atoms with Gasteiger partial charge in [-0.15, -0.1) is 0 Å². The number of benzene rings is 1. The predicted molar refractivity (Wildman–Crippen MR) is 105 cm³/mol. The van der Waals surface area contributed by atoms with Crippen LogP contribution in [0.1, 0.15) is 58.4 Å². The summed E-state index contributed by atoms with van der Waals surface area (Å²) in [5.41, 5.74) is 3.28. The molecule has 0 saturated heterocycles. The fraction of sp³-hybridized carbons (Fsp3) is 0.333. The van der Waals surface area contributed by atoms with Crippen molar-refractivity contribution in [2.75, 3.05) is 5.32 Å². The molecular formula is C21H24N2O5. The number of H-pyrrole nitrogens is 1. The highest BCUT2D eigenvalue weighted by Gasteiger charge is 2.26. The molecule has 1 aromatic heterocycles. The first-order valence-electron chi connectivity index (χ1n) is 8.90. The van der Waals surface area contributed by atoms with E-state index in [4.69, 9.17) is 4.74 Å². The maximum atomic E-state index is 12.6. The topological polar surface area (TPSA) is 105 Å². The number of amides is 1. The number of ketones is 2. The van der Waals surface area contributed by atoms with Gasteiger partial charge < -0.3 is 15.0 Å². The van der Waals surface area contributed by atoms with E-state index < -0.39 is 12.1 Å². The van der Waals surface area contributed by atoms with Gasteiger partial charge in [0.15, 0.2) is 11.9 Å². The summed E-state index contributed by atoms with van der Waals surface area (Å²) in [7, 11) is 0. The molecule has 0 radical (unpaired) electrons. The number of aryl methyl sites for hydroxylation is 1. The lowest BCUT2D eigenvalue weighted by Crippen LogP contribution is -2.26. The van der Waals surface area contributed by atoms with E-state index in [9.17, 15) is 19.2 Å². The van der Waals surface area contributed by atoms with Gasteiger partial charge in [0.25, 0.3) is 0 Å². The van der Waals surface area contributed by atoms with Crippen molar-refractivity contribution in [2.45, 2.75) is 47.1 Å². The summed E-state index contributed by atoms with van der Waals surface area (Å²) in [6, 6.07) is 6.78. The minimum absolute atomic E-state index is 0.000592. The van der Waals surface area contributed by atoms with Gasteiger partial charge in [-0.05, 0) is 51.0 Å². The van der Waals surface area contributed by atoms with Crippen molar-refractivity contribution in [3.05, 3.63) is 52.3 Å². The molecule has 0 aliphatic carbocycles. The second-order valence-electron chi connectivity index (χ2n) is 6.73. The lowest BCUT2D eigenvalue weighted by atomic mass is 10.0. The molecular weight excluding hydrogens is 360 g/mol. The zero-order chi connectivity index (χ0) is 21.0. The largest absolute Gasteiger partial charge is 0.454 e. The maximum Gasteiger partial charge on any atom is 0.310 e. The highest BCUT2D eigenvalue weighted by molar-refractivity contribution is 6.05. The zero-order valence-corrected chi connectivity index (χ0v) is 16.6. The predicted octanol–water partition coefficient (Wildman–Crippen LogP) is 3.15. The average Bonchev–Trinajstić information content (AvgIpc) is 2.89. The Kier molecular flexibility index (Phi) is 6.51. The van der Waals surface area contributed by atoms with Crippen LogP contribution in [0.4, 0.5) is 5.69 Å². The number of aromatic nitrogens is 1. The van der Waals surface area contributed by atoms with Crippen LogP contribution < -0.4 is 5.32 Å². The van der Waals surface area contributed by atoms with Gasteiger partial charge in [-0.3, -0.25) is 19.2 Å². The number of rotatable bonds is 7. The number of nitrogens with one attached hydrogen (secondary N) is 2. The van der Waals surface area contributed by atoms with Gasteiger partial charge in [0.2, 0.25) is 11.7 Å². The first-order chi connectivity index (χ1) is 13.1. The Balaban J connectivity index is 2.02. The summed E-state index contributed by atoms with van der Waals surface area (Å²) < 4.78 is 5.27. The summed E-state index contributed by atoms with van der Waals surface area (Å²) in [6.07, 6.45) is -0.984. The van der Waals surface area contributed by atoms with E-state index in [-0.39, 0.29) is 29.6 Å². The molecule has 0 unspecified atom stereocenters. The molecule has 0 aliphatic heterocycles. The Labute approximate surface area is 163 Å². The molecule has 0 saturated carbocycles. The van der Waals surface area contributed by atoms with Crippen molar-refractivity contribution in [1.29, 1.82) is 0 Å². The molecule has 7 heteroatoms. The molecule has 148 valence electrons. The minimum atomic E-state index is -0.984. The van der Waals surface area contributed by atoms with E-state index in [1.165, 1.54) is 20.8 Å². The van der Waals surface area contributed by atoms with Crippen molar-refractivity contribution in [1.82, 2.24) is 4.98 Å². The van der Waals surface area contributed by atoms with Crippen LogP contribution in [0.2, 0.25) is 0 Å². The molecule has 1 amide bonds. The number of hydrogen-bond donors (Lipinski definition) is 2. The number of carbonyl (C=O) groups is 4. The van der Waals surface area contributed by atoms with E-state index in [2.05, 4.69) is 10.3 Å². The van der Waals surface area contributed by atoms with Crippen LogP contribution in [-0.4, -0.2) is 34.5 Å². The fourth-order valence-corrected chi connectivity index (χ4v) is 3.10. The van der Waals surface area contributed by atoms with E-state index >= 15 is 0 Å². The molecule has 2 aromatic rings. The van der Waals surface area contributed by atoms with Crippen molar-refractivity contribution >= 4 is 29.1 Å². The number of hydrogen-bond acceptors (Lipinski definition) is 5. The van der Waals surface area contributed by atoms with E-state index in [1.807, 2.05) is 0 Å². The highest BCUT2D eigenvalue weighted by atomic mass is 16.5. The number of Topliss-reactive ketones (excluding diaryl/α,β-unsaturated/α-hetero) is 2. The second-order valence-corrected chi connectivity index (χ2v) is 6.73. The fourth-order valence-electron chi connectivity index (χ4n) is 3.10. The summed E-state index contributed by atoms with van der Waals surface area (Å²) in [6.45, 7) is 7.78. The van der Waals surface area contributed by atoms with Gasteiger partial charge in [0, 0.05) is 23.9 Å². The molecule has 1 heterocycles. The Morgan fingerprint density at radius 2 is 1.68 bits per heavy atom. The van der Waals surface area contributed by atoms with Gasteiger partial charge in [0.05, 0.1) is 12.1 Å². The molecule has 0 fully saturated rings. The van der Waals surface area contributed by atoms with Crippen molar-refractivity contribution in [2.24, 2.45) is 0 Å². The van der Waals surface area contributed by atoms with Crippen LogP contribution >= 0.6 is 0 Å². The van der Waals surface area contributed by atoms with Crippen LogP contribution in [-0.2, 0) is 20.7 Å². The van der Waals surface area contributed by atoms with E-state index in [0.29, 0.717) is 28.1 Å². The highest BCUT2D eigenvalue weighted by Crippen LogP contribution is 2.20. The number of ether oxygens (including phenoxy) is 1. The standard InChI is InChI=1S/C21H24N2O5/c1-11-19(13(3)24)12(2)22-20(11)21(27)14(4)28-18(26)10-16-6-8-17(9-7-16)23-15(5)25/h6-9,14,22H,10H2,1-5H3,(H,23,25)/t14-/m1/s1. The summed E-state index contributed by atoms with van der Waals surface area (Å²) in [5.74, 6) is -1.23. The van der Waals surface area contributed by atoms with Gasteiger partial charge in [-0.25, -0.2) is 0 Å². The molecule has 1 aromatic carbocycles. The third-order valence-corrected chi connectivity index (χ3v) is 4.34. The molecule has 0 bridgehead atoms. The monoisotopic (exact) mass is 384 g/mol. The number of aromatic amines is 1. The van der Waals surface area contributed by atoms with Gasteiger partial charge >= 0.3 is 5.97 Å². The van der Waals surface area contributed by atoms with Crippen LogP contribution in [0.5, 0.6) is 0 Å². The molecule has 0 spiro atoms. The SMILES string of the molecule is CC(=O)Nc1ccc(CC(=O)O[C@H](C)C(=O)c2[nH]c(C)c(C(C)=O)c2C)cc1. The van der Waals surface area contributed by atoms with Crippen LogP contribution in [0.15, 0.2) is 24.3 Å². The summed E-state index contributed by atoms with van der Waals surface area (Å²) in [5, 5.41) is 2.64. The molecule has 0 aliphatic rings. The van der Waals surface area contributed by atoms with Crippen LogP contribution in [0.25, 0.3) is 0 Å². The maximum absolute atomic E-state index is 12.6. The Hall–Kier alpha value is -3.22. The lowest BCUT2D eigenvalue weighted by molar-refractivity contribution is -0.145. The third-order valence-electron chi connectivity index (χ3n) is 4.34. The molecule has 7 nitrogen and oxygen atoms in total. The summed E-state index contributed by atoms with van der Waals surface area (Å²) >= 11 is 0. The van der Waals surface area contributed by atoms with Crippen molar-refractivity contribution < 1.29 is 23.9 Å². The Morgan fingerprint density at radius 1 is 1.07 bits per heavy atom. The van der Waals surface area contributed by atoms with Crippen LogP contribution in [0, 0.1) is 13.8 Å². The minimum Gasteiger partial charge on any atom is -0.454 e. The van der Waals surface area contributed by atoms with Gasteiger partial charge in [-0.1, -0.05) is 12.1 Å². The lowest BCUT2D eigenvalue weighted by Gasteiger charge is -2.12. The molecule has 2 N–H and O–H groups in total. The van der Waals surface area contributed by atoms with Crippen molar-refractivity contribution in [3.8, 4) is 0 Å². The zero-order valence-electron chi connectivity index (χ0n) is 16.6. The van der Waals surface area contributed by atoms with E-state index in [0.717, 1.165) is 0 Å². The van der Waals surface area contributed by atoms with E-state index in [1.54, 1.807) is 38.1 Å². The first kappa shape index (κ1) is 21.1. The molecule has 1 atom stereocenters. The van der Waals surface area contributed by atoms with Crippen LogP contribution in [0.3, 0.4) is 0 Å². The molecule has 28 heavy (non-hydrogen) atoms. The van der Waals surface area contributed by atoms with Gasteiger partial charge in [0.1, 0.15) is 0 Å².